The van der Waals surface area contributed by atoms with Crippen LogP contribution in [-0.4, -0.2) is 29.3 Å². The molecule has 0 amide bonds. The fourth-order valence-corrected chi connectivity index (χ4v) is 2.93. The van der Waals surface area contributed by atoms with Gasteiger partial charge in [-0.3, -0.25) is 0 Å². The SMILES string of the molecule is CCCNC1CCCC1c1nc(C(CC)OCC)no1. The molecule has 0 saturated heterocycles. The van der Waals surface area contributed by atoms with Gasteiger partial charge in [-0.2, -0.15) is 4.98 Å². The average molecular weight is 281 g/mol. The summed E-state index contributed by atoms with van der Waals surface area (Å²) in [6, 6.07) is 0.482. The minimum atomic E-state index is -0.0408. The third kappa shape index (κ3) is 3.58. The normalized spacial score (nSPS) is 24.1. The van der Waals surface area contributed by atoms with Crippen LogP contribution >= 0.6 is 0 Å². The summed E-state index contributed by atoms with van der Waals surface area (Å²) in [4.78, 5) is 4.60. The molecule has 1 saturated carbocycles. The monoisotopic (exact) mass is 281 g/mol. The molecule has 0 radical (unpaired) electrons. The van der Waals surface area contributed by atoms with E-state index in [9.17, 15) is 0 Å². The van der Waals surface area contributed by atoms with Gasteiger partial charge in [0.25, 0.3) is 0 Å². The molecule has 2 rings (SSSR count). The smallest absolute Gasteiger partial charge is 0.231 e. The Labute approximate surface area is 121 Å². The lowest BCUT2D eigenvalue weighted by atomic mass is 10.0. The van der Waals surface area contributed by atoms with Crippen molar-refractivity contribution in [1.29, 1.82) is 0 Å². The fourth-order valence-electron chi connectivity index (χ4n) is 2.93. The van der Waals surface area contributed by atoms with Crippen LogP contribution in [0.3, 0.4) is 0 Å². The predicted octanol–water partition coefficient (Wildman–Crippen LogP) is 3.19. The van der Waals surface area contributed by atoms with Crippen LogP contribution in [0, 0.1) is 0 Å². The maximum absolute atomic E-state index is 5.64. The van der Waals surface area contributed by atoms with Crippen molar-refractivity contribution in [2.24, 2.45) is 0 Å². The zero-order chi connectivity index (χ0) is 14.4. The molecule has 1 N–H and O–H groups in total. The molecule has 1 aromatic rings. The van der Waals surface area contributed by atoms with E-state index in [-0.39, 0.29) is 6.10 Å². The van der Waals surface area contributed by atoms with Gasteiger partial charge in [0.2, 0.25) is 11.7 Å². The van der Waals surface area contributed by atoms with E-state index >= 15 is 0 Å². The zero-order valence-corrected chi connectivity index (χ0v) is 12.9. The molecule has 0 bridgehead atoms. The van der Waals surface area contributed by atoms with Crippen LogP contribution in [0.25, 0.3) is 0 Å². The Bertz CT molecular complexity index is 394. The first kappa shape index (κ1) is 15.4. The Hall–Kier alpha value is -0.940. The first-order chi connectivity index (χ1) is 9.80. The largest absolute Gasteiger partial charge is 0.370 e. The second kappa shape index (κ2) is 7.74. The molecule has 1 aliphatic carbocycles. The van der Waals surface area contributed by atoms with Crippen LogP contribution in [-0.2, 0) is 4.74 Å². The van der Waals surface area contributed by atoms with Gasteiger partial charge >= 0.3 is 0 Å². The van der Waals surface area contributed by atoms with Crippen molar-refractivity contribution >= 4 is 0 Å². The molecule has 0 spiro atoms. The van der Waals surface area contributed by atoms with Gasteiger partial charge in [-0.1, -0.05) is 25.4 Å². The number of hydrogen-bond donors (Lipinski definition) is 1. The molecule has 1 fully saturated rings. The predicted molar refractivity (Wildman–Crippen MR) is 77.6 cm³/mol. The summed E-state index contributed by atoms with van der Waals surface area (Å²) >= 11 is 0. The molecular weight excluding hydrogens is 254 g/mol. The van der Waals surface area contributed by atoms with Crippen molar-refractivity contribution in [3.8, 4) is 0 Å². The summed E-state index contributed by atoms with van der Waals surface area (Å²) in [5, 5.41) is 7.72. The molecule has 1 aliphatic rings. The Kier molecular flexibility index (Phi) is 5.98. The van der Waals surface area contributed by atoms with E-state index in [0.717, 1.165) is 31.7 Å². The molecule has 3 unspecified atom stereocenters. The molecular formula is C15H27N3O2. The highest BCUT2D eigenvalue weighted by Crippen LogP contribution is 2.34. The van der Waals surface area contributed by atoms with Crippen LogP contribution in [0.2, 0.25) is 0 Å². The summed E-state index contributed by atoms with van der Waals surface area (Å²) in [6.07, 6.45) is 5.54. The standard InChI is InChI=1S/C15H27N3O2/c1-4-10-16-12-9-7-8-11(12)15-17-14(18-20-15)13(5-2)19-6-3/h11-13,16H,4-10H2,1-3H3. The van der Waals surface area contributed by atoms with E-state index in [2.05, 4.69) is 29.3 Å². The van der Waals surface area contributed by atoms with E-state index < -0.39 is 0 Å². The highest BCUT2D eigenvalue weighted by Gasteiger charge is 2.33. The number of hydrogen-bond acceptors (Lipinski definition) is 5. The van der Waals surface area contributed by atoms with Crippen LogP contribution in [0.15, 0.2) is 4.52 Å². The second-order valence-corrected chi connectivity index (χ2v) is 5.44. The molecule has 1 heterocycles. The van der Waals surface area contributed by atoms with E-state index in [1.54, 1.807) is 0 Å². The Morgan fingerprint density at radius 2 is 2.20 bits per heavy atom. The third-order valence-corrected chi connectivity index (χ3v) is 3.97. The molecule has 0 aliphatic heterocycles. The average Bonchev–Trinajstić information content (AvgIpc) is 3.10. The van der Waals surface area contributed by atoms with Gasteiger partial charge in [0.1, 0.15) is 6.10 Å². The maximum atomic E-state index is 5.64. The first-order valence-electron chi connectivity index (χ1n) is 7.98. The fraction of sp³-hybridized carbons (Fsp3) is 0.867. The number of nitrogens with one attached hydrogen (secondary N) is 1. The molecule has 20 heavy (non-hydrogen) atoms. The minimum Gasteiger partial charge on any atom is -0.370 e. The van der Waals surface area contributed by atoms with E-state index in [1.807, 2.05) is 6.92 Å². The van der Waals surface area contributed by atoms with Crippen LogP contribution < -0.4 is 5.32 Å². The van der Waals surface area contributed by atoms with Gasteiger partial charge < -0.3 is 14.6 Å². The summed E-state index contributed by atoms with van der Waals surface area (Å²) < 4.78 is 11.2. The lowest BCUT2D eigenvalue weighted by Crippen LogP contribution is -2.31. The van der Waals surface area contributed by atoms with Gasteiger partial charge in [-0.05, 0) is 39.2 Å². The van der Waals surface area contributed by atoms with Crippen LogP contribution in [0.1, 0.15) is 76.6 Å². The Morgan fingerprint density at radius 1 is 1.35 bits per heavy atom. The van der Waals surface area contributed by atoms with Gasteiger partial charge in [0.15, 0.2) is 0 Å². The van der Waals surface area contributed by atoms with E-state index in [1.165, 1.54) is 12.8 Å². The highest BCUT2D eigenvalue weighted by atomic mass is 16.5. The first-order valence-corrected chi connectivity index (χ1v) is 7.98. The van der Waals surface area contributed by atoms with Gasteiger partial charge in [-0.25, -0.2) is 0 Å². The summed E-state index contributed by atoms with van der Waals surface area (Å²) in [5.41, 5.74) is 0. The topological polar surface area (TPSA) is 60.2 Å². The second-order valence-electron chi connectivity index (χ2n) is 5.44. The minimum absolute atomic E-state index is 0.0408. The van der Waals surface area contributed by atoms with Crippen molar-refractivity contribution in [2.75, 3.05) is 13.2 Å². The Balaban J connectivity index is 2.03. The van der Waals surface area contributed by atoms with Crippen LogP contribution in [0.5, 0.6) is 0 Å². The summed E-state index contributed by atoms with van der Waals surface area (Å²) in [6.45, 7) is 7.99. The van der Waals surface area contributed by atoms with E-state index in [4.69, 9.17) is 9.26 Å². The zero-order valence-electron chi connectivity index (χ0n) is 12.9. The maximum Gasteiger partial charge on any atom is 0.231 e. The Morgan fingerprint density at radius 3 is 2.90 bits per heavy atom. The van der Waals surface area contributed by atoms with Gasteiger partial charge in [-0.15, -0.1) is 0 Å². The van der Waals surface area contributed by atoms with Crippen molar-refractivity contribution in [2.45, 2.75) is 70.9 Å². The van der Waals surface area contributed by atoms with Crippen molar-refractivity contribution in [3.63, 3.8) is 0 Å². The lowest BCUT2D eigenvalue weighted by molar-refractivity contribution is 0.0518. The van der Waals surface area contributed by atoms with Crippen molar-refractivity contribution < 1.29 is 9.26 Å². The highest BCUT2D eigenvalue weighted by molar-refractivity contribution is 5.04. The molecule has 5 heteroatoms. The number of ether oxygens (including phenoxy) is 1. The third-order valence-electron chi connectivity index (χ3n) is 3.97. The quantitative estimate of drug-likeness (QED) is 0.793. The molecule has 1 aromatic heterocycles. The number of aromatic nitrogens is 2. The summed E-state index contributed by atoms with van der Waals surface area (Å²) in [5.74, 6) is 1.84. The molecule has 5 nitrogen and oxygen atoms in total. The molecule has 114 valence electrons. The lowest BCUT2D eigenvalue weighted by Gasteiger charge is -2.17. The van der Waals surface area contributed by atoms with Gasteiger partial charge in [0, 0.05) is 12.6 Å². The van der Waals surface area contributed by atoms with Crippen molar-refractivity contribution in [3.05, 3.63) is 11.7 Å². The van der Waals surface area contributed by atoms with Gasteiger partial charge in [0.05, 0.1) is 5.92 Å². The molecule has 3 atom stereocenters. The van der Waals surface area contributed by atoms with Crippen LogP contribution in [0.4, 0.5) is 0 Å². The molecule has 0 aromatic carbocycles. The number of nitrogens with zero attached hydrogens (tertiary/aromatic N) is 2. The summed E-state index contributed by atoms with van der Waals surface area (Å²) in [7, 11) is 0. The number of rotatable bonds is 8. The van der Waals surface area contributed by atoms with Crippen molar-refractivity contribution in [1.82, 2.24) is 15.5 Å². The van der Waals surface area contributed by atoms with E-state index in [0.29, 0.717) is 24.4 Å².